The monoisotopic (exact) mass is 240 g/mol. The maximum Gasteiger partial charge on any atom is 0.157 e. The van der Waals surface area contributed by atoms with Crippen molar-refractivity contribution in [2.24, 2.45) is 11.3 Å². The highest BCUT2D eigenvalue weighted by molar-refractivity contribution is 5.81. The highest BCUT2D eigenvalue weighted by atomic mass is 16.7. The van der Waals surface area contributed by atoms with E-state index in [2.05, 4.69) is 13.8 Å². The fourth-order valence-electron chi connectivity index (χ4n) is 2.59. The first-order valence-electron chi connectivity index (χ1n) is 6.83. The molecule has 2 aliphatic rings. The Labute approximate surface area is 104 Å². The van der Waals surface area contributed by atoms with Gasteiger partial charge in [0, 0.05) is 17.8 Å². The summed E-state index contributed by atoms with van der Waals surface area (Å²) >= 11 is 0. The van der Waals surface area contributed by atoms with Crippen LogP contribution in [0.4, 0.5) is 0 Å². The second kappa shape index (κ2) is 5.49. The summed E-state index contributed by atoms with van der Waals surface area (Å²) in [5.41, 5.74) is 0.136. The van der Waals surface area contributed by atoms with Crippen LogP contribution in [-0.2, 0) is 14.3 Å². The summed E-state index contributed by atoms with van der Waals surface area (Å²) in [6, 6.07) is 0. The fraction of sp³-hybridized carbons (Fsp3) is 0.929. The van der Waals surface area contributed by atoms with Crippen LogP contribution in [0.2, 0.25) is 0 Å². The van der Waals surface area contributed by atoms with Gasteiger partial charge in [-0.25, -0.2) is 0 Å². The normalized spacial score (nSPS) is 30.5. The quantitative estimate of drug-likeness (QED) is 0.761. The molecule has 2 fully saturated rings. The molecule has 1 aliphatic heterocycles. The van der Waals surface area contributed by atoms with Crippen LogP contribution in [0, 0.1) is 11.3 Å². The predicted octanol–water partition coefficient (Wildman–Crippen LogP) is 2.93. The molecule has 1 saturated heterocycles. The van der Waals surface area contributed by atoms with Crippen molar-refractivity contribution in [2.45, 2.75) is 58.7 Å². The van der Waals surface area contributed by atoms with Crippen molar-refractivity contribution in [3.05, 3.63) is 0 Å². The zero-order valence-electron chi connectivity index (χ0n) is 11.0. The first-order chi connectivity index (χ1) is 8.07. The molecule has 1 saturated carbocycles. The SMILES string of the molecule is CC1(C)COC(CCC2CCCCC2=O)OC1. The second-order valence-corrected chi connectivity index (χ2v) is 6.20. The van der Waals surface area contributed by atoms with E-state index in [9.17, 15) is 4.79 Å². The summed E-state index contributed by atoms with van der Waals surface area (Å²) in [6.45, 7) is 5.81. The molecule has 2 rings (SSSR count). The maximum absolute atomic E-state index is 11.7. The lowest BCUT2D eigenvalue weighted by Gasteiger charge is -2.35. The molecule has 1 atom stereocenters. The van der Waals surface area contributed by atoms with Crippen LogP contribution < -0.4 is 0 Å². The first-order valence-corrected chi connectivity index (χ1v) is 6.83. The number of rotatable bonds is 3. The van der Waals surface area contributed by atoms with Crippen molar-refractivity contribution in [3.63, 3.8) is 0 Å². The summed E-state index contributed by atoms with van der Waals surface area (Å²) in [5.74, 6) is 0.721. The molecule has 0 aromatic carbocycles. The first kappa shape index (κ1) is 13.0. The van der Waals surface area contributed by atoms with E-state index < -0.39 is 0 Å². The van der Waals surface area contributed by atoms with Gasteiger partial charge in [-0.3, -0.25) is 4.79 Å². The summed E-state index contributed by atoms with van der Waals surface area (Å²) in [7, 11) is 0. The Kier molecular flexibility index (Phi) is 4.21. The Morgan fingerprint density at radius 3 is 2.53 bits per heavy atom. The van der Waals surface area contributed by atoms with Crippen LogP contribution in [-0.4, -0.2) is 25.3 Å². The van der Waals surface area contributed by atoms with Gasteiger partial charge in [0.2, 0.25) is 0 Å². The third-order valence-electron chi connectivity index (χ3n) is 3.75. The van der Waals surface area contributed by atoms with E-state index in [0.29, 0.717) is 5.78 Å². The van der Waals surface area contributed by atoms with Gasteiger partial charge >= 0.3 is 0 Å². The molecule has 0 N–H and O–H groups in total. The van der Waals surface area contributed by atoms with Gasteiger partial charge in [0.05, 0.1) is 13.2 Å². The van der Waals surface area contributed by atoms with E-state index in [1.165, 1.54) is 6.42 Å². The number of hydrogen-bond donors (Lipinski definition) is 0. The van der Waals surface area contributed by atoms with Crippen molar-refractivity contribution < 1.29 is 14.3 Å². The van der Waals surface area contributed by atoms with E-state index in [0.717, 1.165) is 45.3 Å². The molecule has 3 heteroatoms. The molecule has 0 spiro atoms. The van der Waals surface area contributed by atoms with Gasteiger partial charge in [0.25, 0.3) is 0 Å². The van der Waals surface area contributed by atoms with Gasteiger partial charge in [0.1, 0.15) is 5.78 Å². The van der Waals surface area contributed by atoms with E-state index in [1.54, 1.807) is 0 Å². The molecule has 3 nitrogen and oxygen atoms in total. The minimum Gasteiger partial charge on any atom is -0.352 e. The maximum atomic E-state index is 11.7. The van der Waals surface area contributed by atoms with Gasteiger partial charge in [-0.1, -0.05) is 20.3 Å². The molecule has 1 aliphatic carbocycles. The summed E-state index contributed by atoms with van der Waals surface area (Å²) < 4.78 is 11.4. The van der Waals surface area contributed by atoms with Gasteiger partial charge in [0.15, 0.2) is 6.29 Å². The Morgan fingerprint density at radius 2 is 1.88 bits per heavy atom. The highest BCUT2D eigenvalue weighted by Crippen LogP contribution is 2.28. The number of ether oxygens (including phenoxy) is 2. The topological polar surface area (TPSA) is 35.5 Å². The van der Waals surface area contributed by atoms with Gasteiger partial charge in [-0.2, -0.15) is 0 Å². The Hall–Kier alpha value is -0.410. The van der Waals surface area contributed by atoms with E-state index in [1.807, 2.05) is 0 Å². The molecule has 1 unspecified atom stereocenters. The number of Topliss-reactive ketones (excluding diaryl/α,β-unsaturated/α-hetero) is 1. The minimum atomic E-state index is -0.0854. The molecule has 0 amide bonds. The lowest BCUT2D eigenvalue weighted by atomic mass is 9.85. The van der Waals surface area contributed by atoms with Crippen molar-refractivity contribution in [3.8, 4) is 0 Å². The van der Waals surface area contributed by atoms with Crippen molar-refractivity contribution in [2.75, 3.05) is 13.2 Å². The van der Waals surface area contributed by atoms with E-state index in [4.69, 9.17) is 9.47 Å². The van der Waals surface area contributed by atoms with Crippen LogP contribution in [0.25, 0.3) is 0 Å². The van der Waals surface area contributed by atoms with Gasteiger partial charge in [-0.05, 0) is 25.7 Å². The van der Waals surface area contributed by atoms with Crippen LogP contribution in [0.5, 0.6) is 0 Å². The average Bonchev–Trinajstić information content (AvgIpc) is 2.30. The Balaban J connectivity index is 1.70. The lowest BCUT2D eigenvalue weighted by molar-refractivity contribution is -0.224. The highest BCUT2D eigenvalue weighted by Gasteiger charge is 2.29. The van der Waals surface area contributed by atoms with Crippen molar-refractivity contribution in [1.82, 2.24) is 0 Å². The summed E-state index contributed by atoms with van der Waals surface area (Å²) in [5, 5.41) is 0. The second-order valence-electron chi connectivity index (χ2n) is 6.20. The van der Waals surface area contributed by atoms with Crippen molar-refractivity contribution >= 4 is 5.78 Å². The number of hydrogen-bond acceptors (Lipinski definition) is 3. The molecule has 1 heterocycles. The van der Waals surface area contributed by atoms with E-state index in [-0.39, 0.29) is 17.6 Å². The van der Waals surface area contributed by atoms with Gasteiger partial charge in [-0.15, -0.1) is 0 Å². The van der Waals surface area contributed by atoms with Crippen LogP contribution in [0.3, 0.4) is 0 Å². The zero-order valence-corrected chi connectivity index (χ0v) is 11.0. The number of ketones is 1. The average molecular weight is 240 g/mol. The number of carbonyl (C=O) groups is 1. The van der Waals surface area contributed by atoms with Crippen LogP contribution in [0.15, 0.2) is 0 Å². The molecule has 17 heavy (non-hydrogen) atoms. The number of carbonyl (C=O) groups excluding carboxylic acids is 1. The molecular formula is C14H24O3. The molecule has 0 aromatic heterocycles. The summed E-state index contributed by atoms with van der Waals surface area (Å²) in [4.78, 5) is 11.7. The summed E-state index contributed by atoms with van der Waals surface area (Å²) in [6.07, 6.45) is 5.85. The largest absolute Gasteiger partial charge is 0.352 e. The third-order valence-corrected chi connectivity index (χ3v) is 3.75. The smallest absolute Gasteiger partial charge is 0.157 e. The molecule has 98 valence electrons. The van der Waals surface area contributed by atoms with Crippen LogP contribution >= 0.6 is 0 Å². The molecule has 0 aromatic rings. The van der Waals surface area contributed by atoms with Gasteiger partial charge < -0.3 is 9.47 Å². The lowest BCUT2D eigenvalue weighted by Crippen LogP contribution is -2.38. The van der Waals surface area contributed by atoms with Crippen LogP contribution in [0.1, 0.15) is 52.4 Å². The van der Waals surface area contributed by atoms with Crippen molar-refractivity contribution in [1.29, 1.82) is 0 Å². The zero-order chi connectivity index (χ0) is 12.3. The predicted molar refractivity (Wildman–Crippen MR) is 65.7 cm³/mol. The Morgan fingerprint density at radius 1 is 1.18 bits per heavy atom. The standard InChI is InChI=1S/C14H24O3/c1-14(2)9-16-13(17-10-14)8-7-11-5-3-4-6-12(11)15/h11,13H,3-10H2,1-2H3. The Bertz CT molecular complexity index is 263. The third kappa shape index (κ3) is 3.78. The minimum absolute atomic E-state index is 0.0854. The molecule has 0 radical (unpaired) electrons. The molecule has 0 bridgehead atoms. The molecular weight excluding hydrogens is 216 g/mol. The fourth-order valence-corrected chi connectivity index (χ4v) is 2.59. The van der Waals surface area contributed by atoms with E-state index >= 15 is 0 Å².